The molecule has 0 aliphatic heterocycles. The quantitative estimate of drug-likeness (QED) is 0.0185. The molecule has 0 bridgehead atoms. The molecule has 14 N–H and O–H groups in total. The first-order chi connectivity index (χ1) is 48.1. The maximum atomic E-state index is 15.4. The molecule has 0 unspecified atom stereocenters. The van der Waals surface area contributed by atoms with E-state index in [2.05, 4.69) is 10.6 Å². The molecule has 17 nitrogen and oxygen atoms in total. The zero-order valence-electron chi connectivity index (χ0n) is 52.5. The van der Waals surface area contributed by atoms with Gasteiger partial charge in [-0.3, -0.25) is 19.2 Å². The Hall–Kier alpha value is -12.2. The molecule has 0 spiro atoms. The van der Waals surface area contributed by atoms with E-state index in [4.69, 9.17) is 16.2 Å². The summed E-state index contributed by atoms with van der Waals surface area (Å²) in [6, 6.07) is 21.5. The fourth-order valence-corrected chi connectivity index (χ4v) is 11.1. The molecule has 0 aliphatic carbocycles. The van der Waals surface area contributed by atoms with Crippen molar-refractivity contribution in [2.75, 3.05) is 39.8 Å². The van der Waals surface area contributed by atoms with Gasteiger partial charge in [-0.1, -0.05) is 42.5 Å². The molecule has 0 saturated carbocycles. The van der Waals surface area contributed by atoms with Gasteiger partial charge in [0.15, 0.2) is 5.78 Å². The van der Waals surface area contributed by atoms with Crippen molar-refractivity contribution in [3.8, 4) is 46.0 Å². The topological polar surface area (TPSA) is 299 Å². The number of hydrogen-bond acceptors (Lipinski definition) is 14. The van der Waals surface area contributed by atoms with Crippen molar-refractivity contribution in [1.29, 1.82) is 0 Å². The number of nitrogens with two attached hydrogens (primary N) is 2. The summed E-state index contributed by atoms with van der Waals surface area (Å²) in [6.45, 7) is 1.36. The number of nitrogen functional groups attached to an aromatic ring is 2. The van der Waals surface area contributed by atoms with Crippen LogP contribution >= 0.6 is 0 Å². The van der Waals surface area contributed by atoms with Gasteiger partial charge < -0.3 is 68.1 Å². The van der Waals surface area contributed by atoms with Crippen molar-refractivity contribution in [3.63, 3.8) is 0 Å². The van der Waals surface area contributed by atoms with E-state index in [9.17, 15) is 103 Å². The molecule has 0 radical (unpaired) electrons. The molecule has 35 heteroatoms. The number of carbonyl (C=O) groups excluding carboxylic acids is 4. The number of aromatic hydroxyl groups is 6. The average molecular weight is 1480 g/mol. The Morgan fingerprint density at radius 2 is 0.567 bits per heavy atom. The summed E-state index contributed by atoms with van der Waals surface area (Å²) in [7, 11) is 1.24. The highest BCUT2D eigenvalue weighted by Gasteiger charge is 2.75. The van der Waals surface area contributed by atoms with Crippen LogP contribution in [0.5, 0.6) is 46.0 Å². The summed E-state index contributed by atoms with van der Waals surface area (Å²) in [5.74, 6) is -8.80. The minimum atomic E-state index is -6.32. The molecular weight excluding hydrogens is 1430 g/mol. The SMILES string of the molecule is CC(=O)c1ccc(Oc2ccc(C(=O)Nc3cc(C(c4ccc(O)c(NC(=O)c5cccc(C(=O)Nc6cc(C(c7ccc(O)c(N)c7)(C(F)(F)F)C(F)(F)F)ccc6O)c5)c4)(C(F)(F)F)C(F)(F)F)ccc3O)cc2)cc1.CNc1cc(C(c2ccc(O)c(N)c2)(C(F)(F)F)C(F)(F)F)ccc1O. The molecule has 0 atom stereocenters. The molecule has 9 rings (SSSR count). The number of anilines is 6. The summed E-state index contributed by atoms with van der Waals surface area (Å²) >= 11 is 0. The summed E-state index contributed by atoms with van der Waals surface area (Å²) in [6.07, 6.45) is -36.6. The van der Waals surface area contributed by atoms with Gasteiger partial charge in [-0.05, 0) is 180 Å². The summed E-state index contributed by atoms with van der Waals surface area (Å²) in [4.78, 5) is 51.9. The number of ketones is 1. The number of alkyl halides is 18. The number of nitrogens with one attached hydrogen (secondary N) is 4. The molecular formula is C69H50F18N6O11. The third-order valence-electron chi connectivity index (χ3n) is 16.2. The van der Waals surface area contributed by atoms with Crippen molar-refractivity contribution in [3.05, 3.63) is 238 Å². The maximum absolute atomic E-state index is 15.4. The van der Waals surface area contributed by atoms with Gasteiger partial charge in [0, 0.05) is 29.3 Å². The average Bonchev–Trinajstić information content (AvgIpc) is 0.726. The van der Waals surface area contributed by atoms with Gasteiger partial charge >= 0.3 is 37.1 Å². The second kappa shape index (κ2) is 28.3. The highest BCUT2D eigenvalue weighted by molar-refractivity contribution is 6.10. The molecule has 0 aromatic heterocycles. The van der Waals surface area contributed by atoms with Crippen LogP contribution < -0.4 is 37.5 Å². The van der Waals surface area contributed by atoms with Crippen LogP contribution in [-0.4, -0.2) is 98.2 Å². The number of Topliss-reactive ketones (excluding diaryl/α,β-unsaturated/α-hetero) is 1. The van der Waals surface area contributed by atoms with E-state index in [1.54, 1.807) is 0 Å². The first-order valence-corrected chi connectivity index (χ1v) is 29.2. The first kappa shape index (κ1) is 77.5. The van der Waals surface area contributed by atoms with Gasteiger partial charge in [0.25, 0.3) is 17.7 Å². The number of benzene rings is 9. The molecule has 548 valence electrons. The van der Waals surface area contributed by atoms with Gasteiger partial charge in [0.1, 0.15) is 46.0 Å². The summed E-state index contributed by atoms with van der Waals surface area (Å²) in [5, 5.41) is 68.7. The van der Waals surface area contributed by atoms with E-state index < -0.39 is 178 Å². The van der Waals surface area contributed by atoms with E-state index in [0.29, 0.717) is 78.0 Å². The molecule has 104 heavy (non-hydrogen) atoms. The lowest BCUT2D eigenvalue weighted by Crippen LogP contribution is -2.54. The monoisotopic (exact) mass is 1480 g/mol. The number of rotatable bonds is 16. The fourth-order valence-electron chi connectivity index (χ4n) is 11.1. The van der Waals surface area contributed by atoms with Gasteiger partial charge in [-0.2, -0.15) is 79.0 Å². The predicted octanol–water partition coefficient (Wildman–Crippen LogP) is 16.8. The Kier molecular flexibility index (Phi) is 21.1. The zero-order valence-corrected chi connectivity index (χ0v) is 52.5. The van der Waals surface area contributed by atoms with Crippen LogP contribution in [0.2, 0.25) is 0 Å². The lowest BCUT2D eigenvalue weighted by Gasteiger charge is -2.38. The molecule has 0 saturated heterocycles. The second-order valence-electron chi connectivity index (χ2n) is 22.6. The van der Waals surface area contributed by atoms with Crippen LogP contribution in [0.3, 0.4) is 0 Å². The van der Waals surface area contributed by atoms with Crippen molar-refractivity contribution in [1.82, 2.24) is 0 Å². The predicted molar refractivity (Wildman–Crippen MR) is 339 cm³/mol. The van der Waals surface area contributed by atoms with Gasteiger partial charge in [0.2, 0.25) is 16.2 Å². The third kappa shape index (κ3) is 14.7. The smallest absolute Gasteiger partial charge is 0.411 e. The Balaban J connectivity index is 0.000000441. The summed E-state index contributed by atoms with van der Waals surface area (Å²) < 4.78 is 270. The van der Waals surface area contributed by atoms with Crippen molar-refractivity contribution < 1.29 is 134 Å². The van der Waals surface area contributed by atoms with Crippen LogP contribution in [0, 0.1) is 0 Å². The minimum Gasteiger partial charge on any atom is -0.506 e. The lowest BCUT2D eigenvalue weighted by molar-refractivity contribution is -0.290. The van der Waals surface area contributed by atoms with Gasteiger partial charge in [-0.25, -0.2) is 0 Å². The minimum absolute atomic E-state index is 0.126. The molecule has 9 aromatic carbocycles. The van der Waals surface area contributed by atoms with Crippen molar-refractivity contribution in [2.45, 2.75) is 60.2 Å². The lowest BCUT2D eigenvalue weighted by atomic mass is 9.72. The number of phenolic OH excluding ortho intramolecular Hbond substituents is 6. The normalized spacial score (nSPS) is 12.5. The van der Waals surface area contributed by atoms with Crippen LogP contribution in [0.25, 0.3) is 0 Å². The standard InChI is InChI=1S/C53H36F12N4O9.C16H14F6N2O2/c1-26(70)27-5-13-35(14-6-27)78-36-15-7-28(8-16-36)45(75)67-38-24-33(11-19-42(38)72)49(52(60,61)62,53(63,64)65)34-12-20-44(74)40(25-34)69-47(77)30-4-2-3-29(21-30)46(76)68-39-23-32(10-18-43(39)73)48(50(54,55)56,51(57,58)59)31-9-17-41(71)37(66)22-31;1-24-11-7-9(3-5-13(11)26)14(15(17,18)19,16(20,21)22)8-2-4-12(25)10(23)6-8/h2-25,71-74H,66H2,1H3,(H,67,75)(H,68,76)(H,69,77);2-7,24-26H,23H2,1H3. The highest BCUT2D eigenvalue weighted by atomic mass is 19.4. The van der Waals surface area contributed by atoms with E-state index in [-0.39, 0.29) is 65.2 Å². The largest absolute Gasteiger partial charge is 0.506 e. The molecule has 0 aliphatic rings. The Morgan fingerprint density at radius 1 is 0.317 bits per heavy atom. The highest BCUT2D eigenvalue weighted by Crippen LogP contribution is 2.61. The number of phenols is 6. The first-order valence-electron chi connectivity index (χ1n) is 29.2. The van der Waals surface area contributed by atoms with E-state index in [1.807, 2.05) is 10.6 Å². The van der Waals surface area contributed by atoms with E-state index in [1.165, 1.54) is 62.5 Å². The number of carbonyl (C=O) groups is 4. The van der Waals surface area contributed by atoms with Crippen LogP contribution in [0.1, 0.15) is 81.7 Å². The van der Waals surface area contributed by atoms with Crippen molar-refractivity contribution >= 4 is 57.6 Å². The fraction of sp³-hybridized carbons (Fsp3) is 0.159. The van der Waals surface area contributed by atoms with E-state index >= 15 is 26.3 Å². The molecule has 3 amide bonds. The van der Waals surface area contributed by atoms with E-state index in [0.717, 1.165) is 24.3 Å². The van der Waals surface area contributed by atoms with Gasteiger partial charge in [-0.15, -0.1) is 0 Å². The zero-order chi connectivity index (χ0) is 77.4. The second-order valence-corrected chi connectivity index (χ2v) is 22.6. The molecule has 9 aromatic rings. The van der Waals surface area contributed by atoms with Crippen LogP contribution in [0.15, 0.2) is 182 Å². The Bertz CT molecular complexity index is 4710. The Labute approximate surface area is 573 Å². The number of hydrogen-bond donors (Lipinski definition) is 12. The number of amides is 3. The molecule has 0 fully saturated rings. The number of halogens is 18. The summed E-state index contributed by atoms with van der Waals surface area (Å²) in [5.41, 5.74) is -18.2. The van der Waals surface area contributed by atoms with Crippen LogP contribution in [0.4, 0.5) is 113 Å². The maximum Gasteiger partial charge on any atom is 0.411 e. The molecule has 0 heterocycles. The van der Waals surface area contributed by atoms with Crippen molar-refractivity contribution in [2.24, 2.45) is 0 Å². The van der Waals surface area contributed by atoms with Crippen LogP contribution in [-0.2, 0) is 16.2 Å². The number of ether oxygens (including phenoxy) is 1. The Morgan fingerprint density at radius 3 is 0.837 bits per heavy atom. The third-order valence-corrected chi connectivity index (χ3v) is 16.2. The van der Waals surface area contributed by atoms with Gasteiger partial charge in [0.05, 0.1) is 34.1 Å².